The molecule has 2 bridgehead atoms. The molecule has 2 aliphatic carbocycles. The van der Waals surface area contributed by atoms with Gasteiger partial charge in [0.25, 0.3) is 0 Å². The van der Waals surface area contributed by atoms with Gasteiger partial charge in [-0.1, -0.05) is 12.2 Å². The first-order valence-electron chi connectivity index (χ1n) is 3.71. The molecule has 0 saturated heterocycles. The lowest BCUT2D eigenvalue weighted by Crippen LogP contribution is -2.46. The van der Waals surface area contributed by atoms with Crippen molar-refractivity contribution >= 4 is 17.6 Å². The number of hydrogen-bond acceptors (Lipinski definition) is 2. The highest BCUT2D eigenvalue weighted by atomic mass is 35.5. The number of halogens is 1. The summed E-state index contributed by atoms with van der Waals surface area (Å²) in [5.74, 6) is -0.745. The summed E-state index contributed by atoms with van der Waals surface area (Å²) >= 11 is 5.89. The molecular formula is C8H8ClO2-. The molecular weight excluding hydrogens is 164 g/mol. The zero-order valence-electron chi connectivity index (χ0n) is 5.92. The Morgan fingerprint density at radius 1 is 1.64 bits per heavy atom. The largest absolute Gasteiger partial charge is 0.548 e. The summed E-state index contributed by atoms with van der Waals surface area (Å²) in [4.78, 5) is 9.54. The quantitative estimate of drug-likeness (QED) is 0.421. The van der Waals surface area contributed by atoms with Crippen LogP contribution in [-0.2, 0) is 4.79 Å². The molecule has 3 heteroatoms. The first-order chi connectivity index (χ1) is 5.13. The lowest BCUT2D eigenvalue weighted by Gasteiger charge is -2.29. The molecule has 0 N–H and O–H groups in total. The molecule has 0 heterocycles. The average Bonchev–Trinajstić information content (AvgIpc) is 2.45. The van der Waals surface area contributed by atoms with Crippen LogP contribution in [0.1, 0.15) is 12.8 Å². The minimum absolute atomic E-state index is 0.000772. The van der Waals surface area contributed by atoms with E-state index in [2.05, 4.69) is 0 Å². The fourth-order valence-electron chi connectivity index (χ4n) is 2.03. The standard InChI is InChI=1S/C8H9ClO2/c9-8(7(10)11)4-5-1-2-6(8)3-5/h1-2,5-6H,3-4H2,(H,10,11)/p-1/t5-,6-,8+/m0/s1. The van der Waals surface area contributed by atoms with Crippen LogP contribution in [0.4, 0.5) is 0 Å². The maximum atomic E-state index is 10.6. The lowest BCUT2D eigenvalue weighted by atomic mass is 9.93. The van der Waals surface area contributed by atoms with Crippen molar-refractivity contribution in [2.75, 3.05) is 0 Å². The maximum absolute atomic E-state index is 10.6. The molecule has 1 fully saturated rings. The van der Waals surface area contributed by atoms with Gasteiger partial charge < -0.3 is 9.90 Å². The molecule has 2 nitrogen and oxygen atoms in total. The van der Waals surface area contributed by atoms with Crippen LogP contribution in [0.2, 0.25) is 0 Å². The number of carboxylic acid groups (broad SMARTS) is 1. The number of carbonyl (C=O) groups is 1. The van der Waals surface area contributed by atoms with Crippen molar-refractivity contribution in [2.45, 2.75) is 17.7 Å². The second-order valence-corrected chi connectivity index (χ2v) is 4.02. The lowest BCUT2D eigenvalue weighted by molar-refractivity contribution is -0.310. The van der Waals surface area contributed by atoms with E-state index in [0.717, 1.165) is 6.42 Å². The van der Waals surface area contributed by atoms with E-state index in [9.17, 15) is 9.90 Å². The van der Waals surface area contributed by atoms with E-state index in [1.165, 1.54) is 0 Å². The first kappa shape index (κ1) is 7.17. The summed E-state index contributed by atoms with van der Waals surface area (Å²) in [5, 5.41) is 10.6. The van der Waals surface area contributed by atoms with Crippen LogP contribution in [-0.4, -0.2) is 10.8 Å². The van der Waals surface area contributed by atoms with Gasteiger partial charge in [0.05, 0.1) is 10.8 Å². The number of carboxylic acids is 1. The molecule has 1 saturated carbocycles. The van der Waals surface area contributed by atoms with E-state index in [1.807, 2.05) is 12.2 Å². The SMILES string of the molecule is O=C([O-])[C@@]1(Cl)C[C@H]2C=C[C@H]1C2. The number of allylic oxidation sites excluding steroid dienone is 2. The second-order valence-electron chi connectivity index (χ2n) is 3.34. The highest BCUT2D eigenvalue weighted by Crippen LogP contribution is 2.49. The third kappa shape index (κ3) is 0.822. The van der Waals surface area contributed by atoms with Crippen LogP contribution >= 0.6 is 11.6 Å². The van der Waals surface area contributed by atoms with Gasteiger partial charge in [-0.3, -0.25) is 0 Å². The molecule has 0 aliphatic heterocycles. The van der Waals surface area contributed by atoms with E-state index < -0.39 is 10.8 Å². The van der Waals surface area contributed by atoms with Crippen molar-refractivity contribution in [3.05, 3.63) is 12.2 Å². The fraction of sp³-hybridized carbons (Fsp3) is 0.625. The van der Waals surface area contributed by atoms with Crippen molar-refractivity contribution in [3.8, 4) is 0 Å². The number of rotatable bonds is 1. The Morgan fingerprint density at radius 3 is 2.64 bits per heavy atom. The summed E-state index contributed by atoms with van der Waals surface area (Å²) < 4.78 is 0. The van der Waals surface area contributed by atoms with Crippen molar-refractivity contribution in [1.82, 2.24) is 0 Å². The van der Waals surface area contributed by atoms with Crippen molar-refractivity contribution < 1.29 is 9.90 Å². The van der Waals surface area contributed by atoms with Crippen LogP contribution in [0.3, 0.4) is 0 Å². The van der Waals surface area contributed by atoms with Gasteiger partial charge in [0, 0.05) is 5.92 Å². The Labute approximate surface area is 69.9 Å². The van der Waals surface area contributed by atoms with E-state index in [4.69, 9.17) is 11.6 Å². The summed E-state index contributed by atoms with van der Waals surface area (Å²) in [5.41, 5.74) is 0. The highest BCUT2D eigenvalue weighted by molar-refractivity contribution is 6.34. The molecule has 2 aliphatic rings. The number of fused-ring (bicyclic) bond motifs is 2. The molecule has 0 spiro atoms. The third-order valence-corrected chi connectivity index (χ3v) is 3.25. The van der Waals surface area contributed by atoms with Gasteiger partial charge in [-0.2, -0.15) is 0 Å². The smallest absolute Gasteiger partial charge is 0.0907 e. The summed E-state index contributed by atoms with van der Waals surface area (Å²) in [7, 11) is 0. The Morgan fingerprint density at radius 2 is 2.36 bits per heavy atom. The van der Waals surface area contributed by atoms with E-state index >= 15 is 0 Å². The normalized spacial score (nSPS) is 46.6. The maximum Gasteiger partial charge on any atom is 0.0907 e. The van der Waals surface area contributed by atoms with E-state index in [0.29, 0.717) is 12.3 Å². The molecule has 0 radical (unpaired) electrons. The molecule has 11 heavy (non-hydrogen) atoms. The average molecular weight is 172 g/mol. The van der Waals surface area contributed by atoms with Gasteiger partial charge in [0.1, 0.15) is 0 Å². The van der Waals surface area contributed by atoms with Crippen LogP contribution in [0.5, 0.6) is 0 Å². The predicted molar refractivity (Wildman–Crippen MR) is 38.9 cm³/mol. The zero-order valence-corrected chi connectivity index (χ0v) is 6.67. The monoisotopic (exact) mass is 171 g/mol. The third-order valence-electron chi connectivity index (χ3n) is 2.66. The van der Waals surface area contributed by atoms with Crippen LogP contribution in [0.25, 0.3) is 0 Å². The predicted octanol–water partition coefficient (Wildman–Crippen LogP) is 0.310. The molecule has 0 amide bonds. The molecule has 60 valence electrons. The second kappa shape index (κ2) is 2.01. The summed E-state index contributed by atoms with van der Waals surface area (Å²) in [6.45, 7) is 0. The van der Waals surface area contributed by atoms with Crippen LogP contribution < -0.4 is 5.11 Å². The molecule has 0 aromatic carbocycles. The number of aliphatic carboxylic acids is 1. The molecule has 2 rings (SSSR count). The number of alkyl halides is 1. The molecule has 0 aromatic heterocycles. The van der Waals surface area contributed by atoms with Crippen molar-refractivity contribution in [1.29, 1.82) is 0 Å². The van der Waals surface area contributed by atoms with Gasteiger partial charge in [-0.15, -0.1) is 11.6 Å². The minimum atomic E-state index is -1.11. The Balaban J connectivity index is 2.30. The van der Waals surface area contributed by atoms with Crippen LogP contribution in [0.15, 0.2) is 12.2 Å². The highest BCUT2D eigenvalue weighted by Gasteiger charge is 2.48. The summed E-state index contributed by atoms with van der Waals surface area (Å²) in [6, 6.07) is 0. The number of carbonyl (C=O) groups excluding carboxylic acids is 1. The minimum Gasteiger partial charge on any atom is -0.548 e. The first-order valence-corrected chi connectivity index (χ1v) is 4.09. The molecule has 0 unspecified atom stereocenters. The van der Waals surface area contributed by atoms with Gasteiger partial charge in [-0.25, -0.2) is 0 Å². The van der Waals surface area contributed by atoms with Gasteiger partial charge >= 0.3 is 0 Å². The zero-order chi connectivity index (χ0) is 8.06. The Hall–Kier alpha value is -0.500. The Kier molecular flexibility index (Phi) is 1.31. The van der Waals surface area contributed by atoms with Gasteiger partial charge in [-0.05, 0) is 18.8 Å². The van der Waals surface area contributed by atoms with Crippen molar-refractivity contribution in [2.24, 2.45) is 11.8 Å². The molecule has 0 aromatic rings. The van der Waals surface area contributed by atoms with Gasteiger partial charge in [0.2, 0.25) is 0 Å². The van der Waals surface area contributed by atoms with Crippen LogP contribution in [0, 0.1) is 11.8 Å². The molecule has 3 atom stereocenters. The fourth-order valence-corrected chi connectivity index (χ4v) is 2.39. The van der Waals surface area contributed by atoms with Gasteiger partial charge in [0.15, 0.2) is 0 Å². The number of hydrogen-bond donors (Lipinski definition) is 0. The Bertz CT molecular complexity index is 236. The van der Waals surface area contributed by atoms with E-state index in [-0.39, 0.29) is 5.92 Å². The van der Waals surface area contributed by atoms with E-state index in [1.54, 1.807) is 0 Å². The topological polar surface area (TPSA) is 40.1 Å². The van der Waals surface area contributed by atoms with Crippen molar-refractivity contribution in [3.63, 3.8) is 0 Å². The summed E-state index contributed by atoms with van der Waals surface area (Å²) in [6.07, 6.45) is 5.38.